The number of benzene rings is 1. The molecule has 1 aromatic carbocycles. The predicted octanol–water partition coefficient (Wildman–Crippen LogP) is 1.42. The number of rotatable bonds is 4. The third-order valence-electron chi connectivity index (χ3n) is 2.22. The average molecular weight is 229 g/mol. The minimum atomic E-state index is -0.988. The Hall–Kier alpha value is -2.43. The number of hydrogen-bond donors (Lipinski definition) is 1. The summed E-state index contributed by atoms with van der Waals surface area (Å²) >= 11 is 0. The van der Waals surface area contributed by atoms with Crippen LogP contribution in [0.3, 0.4) is 0 Å². The van der Waals surface area contributed by atoms with Crippen LogP contribution < -0.4 is 0 Å². The van der Waals surface area contributed by atoms with Crippen molar-refractivity contribution < 1.29 is 9.90 Å². The largest absolute Gasteiger partial charge is 0.478 e. The molecule has 0 spiro atoms. The highest BCUT2D eigenvalue weighted by molar-refractivity contribution is 5.84. The Balaban J connectivity index is 2.17. The van der Waals surface area contributed by atoms with Gasteiger partial charge in [-0.3, -0.25) is 0 Å². The minimum Gasteiger partial charge on any atom is -0.478 e. The lowest BCUT2D eigenvalue weighted by Gasteiger charge is -2.02. The molecule has 2 rings (SSSR count). The van der Waals surface area contributed by atoms with Crippen LogP contribution in [0.25, 0.3) is 6.08 Å². The molecule has 1 N–H and O–H groups in total. The fourth-order valence-corrected chi connectivity index (χ4v) is 1.43. The molecule has 0 aliphatic heterocycles. The fraction of sp³-hybridized carbons (Fsp3) is 0.0833. The van der Waals surface area contributed by atoms with E-state index in [1.54, 1.807) is 4.68 Å². The summed E-state index contributed by atoms with van der Waals surface area (Å²) < 4.78 is 1.65. The first-order chi connectivity index (χ1) is 8.25. The lowest BCUT2D eigenvalue weighted by molar-refractivity contribution is -0.131. The van der Waals surface area contributed by atoms with Crippen LogP contribution in [0.5, 0.6) is 0 Å². The third kappa shape index (κ3) is 3.01. The highest BCUT2D eigenvalue weighted by atomic mass is 16.4. The Morgan fingerprint density at radius 2 is 2.12 bits per heavy atom. The molecule has 0 amide bonds. The Morgan fingerprint density at radius 3 is 2.82 bits per heavy atom. The summed E-state index contributed by atoms with van der Waals surface area (Å²) in [6.07, 6.45) is 4.08. The molecule has 17 heavy (non-hydrogen) atoms. The Labute approximate surface area is 98.0 Å². The van der Waals surface area contributed by atoms with Gasteiger partial charge in [0.2, 0.25) is 0 Å². The van der Waals surface area contributed by atoms with E-state index in [0.717, 1.165) is 11.6 Å². The highest BCUT2D eigenvalue weighted by Crippen LogP contribution is 2.05. The maximum Gasteiger partial charge on any atom is 0.328 e. The molecule has 1 heterocycles. The molecule has 5 nitrogen and oxygen atoms in total. The molecule has 0 saturated carbocycles. The molecule has 0 bridgehead atoms. The molecule has 2 aromatic rings. The monoisotopic (exact) mass is 229 g/mol. The number of aliphatic carboxylic acids is 1. The number of carbonyl (C=O) groups is 1. The maximum absolute atomic E-state index is 10.4. The zero-order valence-electron chi connectivity index (χ0n) is 9.02. The quantitative estimate of drug-likeness (QED) is 0.805. The second kappa shape index (κ2) is 5.07. The number of hydrogen-bond acceptors (Lipinski definition) is 3. The van der Waals surface area contributed by atoms with Gasteiger partial charge in [0.25, 0.3) is 0 Å². The van der Waals surface area contributed by atoms with Crippen molar-refractivity contribution in [1.29, 1.82) is 0 Å². The summed E-state index contributed by atoms with van der Waals surface area (Å²) in [5.41, 5.74) is 1.75. The third-order valence-corrected chi connectivity index (χ3v) is 2.22. The van der Waals surface area contributed by atoms with Crippen LogP contribution >= 0.6 is 0 Å². The zero-order chi connectivity index (χ0) is 12.1. The van der Waals surface area contributed by atoms with Gasteiger partial charge in [-0.1, -0.05) is 35.5 Å². The van der Waals surface area contributed by atoms with E-state index < -0.39 is 5.97 Å². The second-order valence-electron chi connectivity index (χ2n) is 3.47. The van der Waals surface area contributed by atoms with Crippen molar-refractivity contribution in [3.8, 4) is 0 Å². The molecule has 0 aliphatic rings. The van der Waals surface area contributed by atoms with Gasteiger partial charge >= 0.3 is 5.97 Å². The van der Waals surface area contributed by atoms with Crippen molar-refractivity contribution in [3.05, 3.63) is 53.9 Å². The normalized spacial score (nSPS) is 10.8. The molecule has 1 aromatic heterocycles. The van der Waals surface area contributed by atoms with Gasteiger partial charge < -0.3 is 5.11 Å². The van der Waals surface area contributed by atoms with E-state index in [1.165, 1.54) is 12.3 Å². The van der Waals surface area contributed by atoms with E-state index in [4.69, 9.17) is 5.11 Å². The number of carboxylic acid groups (broad SMARTS) is 1. The van der Waals surface area contributed by atoms with E-state index in [0.29, 0.717) is 12.2 Å². The van der Waals surface area contributed by atoms with Crippen molar-refractivity contribution in [2.24, 2.45) is 0 Å². The van der Waals surface area contributed by atoms with Gasteiger partial charge in [0.15, 0.2) is 0 Å². The molecule has 0 fully saturated rings. The summed E-state index contributed by atoms with van der Waals surface area (Å²) in [7, 11) is 0. The first-order valence-electron chi connectivity index (χ1n) is 5.09. The number of nitrogens with zero attached hydrogens (tertiary/aromatic N) is 3. The molecule has 0 aliphatic carbocycles. The van der Waals surface area contributed by atoms with Crippen LogP contribution in [0.4, 0.5) is 0 Å². The van der Waals surface area contributed by atoms with Gasteiger partial charge in [-0.2, -0.15) is 0 Å². The van der Waals surface area contributed by atoms with E-state index in [-0.39, 0.29) is 0 Å². The second-order valence-corrected chi connectivity index (χ2v) is 3.47. The van der Waals surface area contributed by atoms with Gasteiger partial charge in [-0.05, 0) is 11.6 Å². The number of aromatic nitrogens is 3. The standard InChI is InChI=1S/C12H11N3O2/c16-12(17)7-6-11-8-13-14-15(11)9-10-4-2-1-3-5-10/h1-8H,9H2,(H,16,17)/b7-6+. The smallest absolute Gasteiger partial charge is 0.328 e. The van der Waals surface area contributed by atoms with Crippen LogP contribution in [0.15, 0.2) is 42.6 Å². The van der Waals surface area contributed by atoms with Crippen LogP contribution in [0.2, 0.25) is 0 Å². The first kappa shape index (κ1) is 11.1. The topological polar surface area (TPSA) is 68.0 Å². The lowest BCUT2D eigenvalue weighted by atomic mass is 10.2. The van der Waals surface area contributed by atoms with Gasteiger partial charge in [0.05, 0.1) is 18.4 Å². The summed E-state index contributed by atoms with van der Waals surface area (Å²) in [5.74, 6) is -0.988. The summed E-state index contributed by atoms with van der Waals surface area (Å²) in [5, 5.41) is 16.2. The van der Waals surface area contributed by atoms with Crippen molar-refractivity contribution in [3.63, 3.8) is 0 Å². The Morgan fingerprint density at radius 1 is 1.35 bits per heavy atom. The maximum atomic E-state index is 10.4. The van der Waals surface area contributed by atoms with Crippen LogP contribution in [0, 0.1) is 0 Å². The summed E-state index contributed by atoms with van der Waals surface area (Å²) in [4.78, 5) is 10.4. The molecule has 86 valence electrons. The SMILES string of the molecule is O=C(O)/C=C/c1cnnn1Cc1ccccc1. The van der Waals surface area contributed by atoms with Crippen LogP contribution in [-0.4, -0.2) is 26.1 Å². The molecule has 0 unspecified atom stereocenters. The predicted molar refractivity (Wildman–Crippen MR) is 62.2 cm³/mol. The molecule has 0 atom stereocenters. The lowest BCUT2D eigenvalue weighted by Crippen LogP contribution is -2.04. The number of carboxylic acids is 1. The fourth-order valence-electron chi connectivity index (χ4n) is 1.43. The molecule has 0 radical (unpaired) electrons. The molecular formula is C12H11N3O2. The summed E-state index contributed by atoms with van der Waals surface area (Å²) in [6.45, 7) is 0.570. The van der Waals surface area contributed by atoms with Gasteiger partial charge in [0.1, 0.15) is 0 Å². The highest BCUT2D eigenvalue weighted by Gasteiger charge is 2.01. The van der Waals surface area contributed by atoms with Crippen molar-refractivity contribution in [2.75, 3.05) is 0 Å². The van der Waals surface area contributed by atoms with Crippen LogP contribution in [-0.2, 0) is 11.3 Å². The molecule has 0 saturated heterocycles. The van der Waals surface area contributed by atoms with Gasteiger partial charge in [-0.25, -0.2) is 9.48 Å². The van der Waals surface area contributed by atoms with Crippen LogP contribution in [0.1, 0.15) is 11.3 Å². The summed E-state index contributed by atoms with van der Waals surface area (Å²) in [6, 6.07) is 9.78. The van der Waals surface area contributed by atoms with E-state index in [9.17, 15) is 4.79 Å². The van der Waals surface area contributed by atoms with Crippen molar-refractivity contribution >= 4 is 12.0 Å². The Bertz CT molecular complexity index is 532. The van der Waals surface area contributed by atoms with E-state index in [2.05, 4.69) is 10.3 Å². The molecule has 5 heteroatoms. The average Bonchev–Trinajstić information content (AvgIpc) is 2.75. The van der Waals surface area contributed by atoms with Gasteiger partial charge in [-0.15, -0.1) is 5.10 Å². The van der Waals surface area contributed by atoms with E-state index in [1.807, 2.05) is 30.3 Å². The van der Waals surface area contributed by atoms with E-state index >= 15 is 0 Å². The molecular weight excluding hydrogens is 218 g/mol. The van der Waals surface area contributed by atoms with Gasteiger partial charge in [0, 0.05) is 6.08 Å². The van der Waals surface area contributed by atoms with Crippen molar-refractivity contribution in [2.45, 2.75) is 6.54 Å². The van der Waals surface area contributed by atoms with Crippen molar-refractivity contribution in [1.82, 2.24) is 15.0 Å². The zero-order valence-corrected chi connectivity index (χ0v) is 9.02. The minimum absolute atomic E-state index is 0.570. The first-order valence-corrected chi connectivity index (χ1v) is 5.09. The Kier molecular flexibility index (Phi) is 3.30.